The SMILES string of the molecule is CC(C)NCCCN(C)S(=O)(=O)Nc1cccc(F)c1. The normalized spacial score (nSPS) is 12.1. The maximum absolute atomic E-state index is 13.0. The molecule has 0 heterocycles. The molecule has 0 unspecified atom stereocenters. The van der Waals surface area contributed by atoms with Crippen LogP contribution in [-0.4, -0.2) is 38.9 Å². The molecule has 0 aliphatic carbocycles. The average molecular weight is 303 g/mol. The predicted molar refractivity (Wildman–Crippen MR) is 79.3 cm³/mol. The fourth-order valence-corrected chi connectivity index (χ4v) is 2.54. The van der Waals surface area contributed by atoms with E-state index < -0.39 is 16.0 Å². The third kappa shape index (κ3) is 5.85. The highest BCUT2D eigenvalue weighted by Crippen LogP contribution is 2.12. The van der Waals surface area contributed by atoms with Gasteiger partial charge in [0.05, 0.1) is 5.69 Å². The first-order valence-corrected chi connectivity index (χ1v) is 7.98. The number of hydrogen-bond donors (Lipinski definition) is 2. The molecule has 0 radical (unpaired) electrons. The van der Waals surface area contributed by atoms with E-state index >= 15 is 0 Å². The zero-order chi connectivity index (χ0) is 15.2. The molecule has 0 saturated carbocycles. The Balaban J connectivity index is 2.51. The lowest BCUT2D eigenvalue weighted by molar-refractivity contribution is 0.451. The molecule has 114 valence electrons. The first kappa shape index (κ1) is 16.9. The van der Waals surface area contributed by atoms with Gasteiger partial charge >= 0.3 is 10.2 Å². The maximum atomic E-state index is 13.0. The zero-order valence-corrected chi connectivity index (χ0v) is 12.9. The summed E-state index contributed by atoms with van der Waals surface area (Å²) < 4.78 is 40.6. The molecule has 5 nitrogen and oxygen atoms in total. The second-order valence-electron chi connectivity index (χ2n) is 4.90. The highest BCUT2D eigenvalue weighted by Gasteiger charge is 2.17. The van der Waals surface area contributed by atoms with E-state index in [1.807, 2.05) is 13.8 Å². The lowest BCUT2D eigenvalue weighted by Gasteiger charge is -2.18. The van der Waals surface area contributed by atoms with Crippen LogP contribution in [-0.2, 0) is 10.2 Å². The van der Waals surface area contributed by atoms with Gasteiger partial charge in [-0.1, -0.05) is 19.9 Å². The molecular weight excluding hydrogens is 281 g/mol. The van der Waals surface area contributed by atoms with E-state index in [1.54, 1.807) is 0 Å². The Morgan fingerprint density at radius 1 is 1.35 bits per heavy atom. The Kier molecular flexibility index (Phi) is 6.38. The molecule has 7 heteroatoms. The van der Waals surface area contributed by atoms with Crippen molar-refractivity contribution in [2.24, 2.45) is 0 Å². The molecule has 0 aliphatic heterocycles. The predicted octanol–water partition coefficient (Wildman–Crippen LogP) is 1.80. The number of nitrogens with zero attached hydrogens (tertiary/aromatic N) is 1. The number of hydrogen-bond acceptors (Lipinski definition) is 3. The molecule has 1 aromatic carbocycles. The Hall–Kier alpha value is -1.18. The number of anilines is 1. The highest BCUT2D eigenvalue weighted by molar-refractivity contribution is 7.90. The van der Waals surface area contributed by atoms with Gasteiger partial charge in [-0.15, -0.1) is 0 Å². The summed E-state index contributed by atoms with van der Waals surface area (Å²) in [7, 11) is -2.14. The van der Waals surface area contributed by atoms with Gasteiger partial charge in [0.1, 0.15) is 5.82 Å². The van der Waals surface area contributed by atoms with Crippen LogP contribution in [0.4, 0.5) is 10.1 Å². The van der Waals surface area contributed by atoms with Crippen LogP contribution in [0.25, 0.3) is 0 Å². The maximum Gasteiger partial charge on any atom is 0.301 e. The molecule has 20 heavy (non-hydrogen) atoms. The molecule has 0 saturated heterocycles. The Morgan fingerprint density at radius 2 is 2.05 bits per heavy atom. The van der Waals surface area contributed by atoms with Crippen LogP contribution in [0.1, 0.15) is 20.3 Å². The van der Waals surface area contributed by atoms with Crippen LogP contribution in [0.5, 0.6) is 0 Å². The largest absolute Gasteiger partial charge is 0.314 e. The smallest absolute Gasteiger partial charge is 0.301 e. The summed E-state index contributed by atoms with van der Waals surface area (Å²) in [6.07, 6.45) is 0.707. The van der Waals surface area contributed by atoms with Crippen molar-refractivity contribution < 1.29 is 12.8 Å². The minimum atomic E-state index is -3.64. The Bertz CT molecular complexity index is 520. The molecule has 0 spiro atoms. The molecule has 1 rings (SSSR count). The van der Waals surface area contributed by atoms with Gasteiger partial charge in [-0.2, -0.15) is 12.7 Å². The van der Waals surface area contributed by atoms with E-state index in [9.17, 15) is 12.8 Å². The first-order chi connectivity index (χ1) is 9.31. The van der Waals surface area contributed by atoms with E-state index in [1.165, 1.54) is 29.6 Å². The summed E-state index contributed by atoms with van der Waals surface area (Å²) in [5, 5.41) is 3.22. The van der Waals surface area contributed by atoms with Gasteiger partial charge in [0.2, 0.25) is 0 Å². The van der Waals surface area contributed by atoms with E-state index in [4.69, 9.17) is 0 Å². The van der Waals surface area contributed by atoms with E-state index in [0.29, 0.717) is 19.0 Å². The molecule has 2 N–H and O–H groups in total. The van der Waals surface area contributed by atoms with Crippen LogP contribution in [0.3, 0.4) is 0 Å². The summed E-state index contributed by atoms with van der Waals surface area (Å²) in [5.74, 6) is -0.478. The molecule has 0 amide bonds. The fourth-order valence-electron chi connectivity index (χ4n) is 1.59. The topological polar surface area (TPSA) is 61.4 Å². The lowest BCUT2D eigenvalue weighted by Crippen LogP contribution is -2.35. The van der Waals surface area contributed by atoms with Crippen molar-refractivity contribution in [3.8, 4) is 0 Å². The van der Waals surface area contributed by atoms with E-state index in [2.05, 4.69) is 10.0 Å². The summed E-state index contributed by atoms with van der Waals surface area (Å²) in [4.78, 5) is 0. The molecule has 0 bridgehead atoms. The first-order valence-electron chi connectivity index (χ1n) is 6.54. The highest BCUT2D eigenvalue weighted by atomic mass is 32.2. The number of benzene rings is 1. The summed E-state index contributed by atoms with van der Waals surface area (Å²) in [6, 6.07) is 5.75. The van der Waals surface area contributed by atoms with Gasteiger partial charge in [-0.05, 0) is 31.2 Å². The number of rotatable bonds is 8. The lowest BCUT2D eigenvalue weighted by atomic mass is 10.3. The van der Waals surface area contributed by atoms with Crippen LogP contribution >= 0.6 is 0 Å². The monoisotopic (exact) mass is 303 g/mol. The number of nitrogens with one attached hydrogen (secondary N) is 2. The van der Waals surface area contributed by atoms with Crippen molar-refractivity contribution in [3.63, 3.8) is 0 Å². The van der Waals surface area contributed by atoms with Crippen molar-refractivity contribution in [2.45, 2.75) is 26.3 Å². The van der Waals surface area contributed by atoms with Gasteiger partial charge in [-0.25, -0.2) is 4.39 Å². The summed E-state index contributed by atoms with van der Waals surface area (Å²) >= 11 is 0. The summed E-state index contributed by atoms with van der Waals surface area (Å²) in [5.41, 5.74) is 0.220. The van der Waals surface area contributed by atoms with Crippen molar-refractivity contribution in [3.05, 3.63) is 30.1 Å². The quantitative estimate of drug-likeness (QED) is 0.720. The van der Waals surface area contributed by atoms with Crippen molar-refractivity contribution >= 4 is 15.9 Å². The van der Waals surface area contributed by atoms with Gasteiger partial charge in [0.15, 0.2) is 0 Å². The second kappa shape index (κ2) is 7.56. The van der Waals surface area contributed by atoms with Crippen LogP contribution < -0.4 is 10.0 Å². The van der Waals surface area contributed by atoms with Crippen molar-refractivity contribution in [1.29, 1.82) is 0 Å². The molecule has 1 aromatic rings. The van der Waals surface area contributed by atoms with Crippen LogP contribution in [0.2, 0.25) is 0 Å². The summed E-state index contributed by atoms with van der Waals surface area (Å²) in [6.45, 7) is 5.21. The second-order valence-corrected chi connectivity index (χ2v) is 6.68. The van der Waals surface area contributed by atoms with Gasteiger partial charge in [-0.3, -0.25) is 4.72 Å². The molecule has 0 fully saturated rings. The molecular formula is C13H22FN3O2S. The zero-order valence-electron chi connectivity index (χ0n) is 12.1. The van der Waals surface area contributed by atoms with E-state index in [-0.39, 0.29) is 5.69 Å². The third-order valence-corrected chi connectivity index (χ3v) is 4.18. The Labute approximate surface area is 120 Å². The standard InChI is InChI=1S/C13H22FN3O2S/c1-11(2)15-8-5-9-17(3)20(18,19)16-13-7-4-6-12(14)10-13/h4,6-7,10-11,15-16H,5,8-9H2,1-3H3. The molecule has 0 aliphatic rings. The van der Waals surface area contributed by atoms with Crippen molar-refractivity contribution in [1.82, 2.24) is 9.62 Å². The average Bonchev–Trinajstić information content (AvgIpc) is 2.33. The van der Waals surface area contributed by atoms with E-state index in [0.717, 1.165) is 12.6 Å². The molecule has 0 aromatic heterocycles. The van der Waals surface area contributed by atoms with Gasteiger partial charge < -0.3 is 5.32 Å². The van der Waals surface area contributed by atoms with Gasteiger partial charge in [0.25, 0.3) is 0 Å². The van der Waals surface area contributed by atoms with Crippen LogP contribution in [0.15, 0.2) is 24.3 Å². The van der Waals surface area contributed by atoms with Crippen molar-refractivity contribution in [2.75, 3.05) is 24.9 Å². The fraction of sp³-hybridized carbons (Fsp3) is 0.538. The van der Waals surface area contributed by atoms with Crippen LogP contribution in [0, 0.1) is 5.82 Å². The molecule has 0 atom stereocenters. The Morgan fingerprint density at radius 3 is 2.65 bits per heavy atom. The minimum Gasteiger partial charge on any atom is -0.314 e. The number of halogens is 1. The van der Waals surface area contributed by atoms with Gasteiger partial charge in [0, 0.05) is 19.6 Å². The minimum absolute atomic E-state index is 0.220. The third-order valence-electron chi connectivity index (χ3n) is 2.68.